The second-order valence-corrected chi connectivity index (χ2v) is 6.01. The van der Waals surface area contributed by atoms with Crippen molar-refractivity contribution in [2.45, 2.75) is 18.9 Å². The van der Waals surface area contributed by atoms with Gasteiger partial charge < -0.3 is 20.7 Å². The Morgan fingerprint density at radius 3 is 2.62 bits per heavy atom. The summed E-state index contributed by atoms with van der Waals surface area (Å²) < 4.78 is 18.2. The van der Waals surface area contributed by atoms with Gasteiger partial charge in [0.05, 0.1) is 6.54 Å². The standard InChI is InChI=1S/C19H20FN3O3/c20-14-4-8-17(9-5-14)26-11-10-21-19(25)23-16-3-1-2-13(12-16)18(24)22-15-6-7-15/h1-5,8-9,12,15H,6-7,10-11H2,(H,22,24)(H2,21,23,25). The first kappa shape index (κ1) is 17.7. The molecule has 3 amide bonds. The van der Waals surface area contributed by atoms with Crippen LogP contribution in [0.25, 0.3) is 0 Å². The van der Waals surface area contributed by atoms with Crippen LogP contribution in [-0.4, -0.2) is 31.1 Å². The van der Waals surface area contributed by atoms with E-state index in [4.69, 9.17) is 4.74 Å². The molecule has 0 heterocycles. The third-order valence-electron chi connectivity index (χ3n) is 3.77. The van der Waals surface area contributed by atoms with Gasteiger partial charge in [0, 0.05) is 17.3 Å². The lowest BCUT2D eigenvalue weighted by Gasteiger charge is -2.10. The number of benzene rings is 2. The first-order chi connectivity index (χ1) is 12.6. The Kier molecular flexibility index (Phi) is 5.68. The fraction of sp³-hybridized carbons (Fsp3) is 0.263. The Hall–Kier alpha value is -3.09. The second-order valence-electron chi connectivity index (χ2n) is 6.01. The Bertz CT molecular complexity index is 776. The summed E-state index contributed by atoms with van der Waals surface area (Å²) in [5.74, 6) is 0.0649. The number of anilines is 1. The van der Waals surface area contributed by atoms with Crippen LogP contribution in [0.2, 0.25) is 0 Å². The topological polar surface area (TPSA) is 79.5 Å². The summed E-state index contributed by atoms with van der Waals surface area (Å²) in [5, 5.41) is 8.24. The van der Waals surface area contributed by atoms with Crippen molar-refractivity contribution in [2.75, 3.05) is 18.5 Å². The molecule has 1 aliphatic rings. The van der Waals surface area contributed by atoms with Gasteiger partial charge in [-0.25, -0.2) is 9.18 Å². The number of ether oxygens (including phenoxy) is 1. The fourth-order valence-electron chi connectivity index (χ4n) is 2.27. The maximum absolute atomic E-state index is 12.8. The van der Waals surface area contributed by atoms with Crippen molar-refractivity contribution in [1.29, 1.82) is 0 Å². The monoisotopic (exact) mass is 357 g/mol. The van der Waals surface area contributed by atoms with Gasteiger partial charge in [0.1, 0.15) is 18.2 Å². The van der Waals surface area contributed by atoms with Gasteiger partial charge >= 0.3 is 6.03 Å². The average molecular weight is 357 g/mol. The molecule has 1 fully saturated rings. The number of urea groups is 1. The number of carbonyl (C=O) groups is 2. The molecule has 7 heteroatoms. The number of hydrogen-bond donors (Lipinski definition) is 3. The number of carbonyl (C=O) groups excluding carboxylic acids is 2. The molecule has 3 N–H and O–H groups in total. The molecule has 0 aromatic heterocycles. The zero-order chi connectivity index (χ0) is 18.4. The van der Waals surface area contributed by atoms with Crippen LogP contribution >= 0.6 is 0 Å². The minimum atomic E-state index is -0.396. The number of halogens is 1. The molecular weight excluding hydrogens is 337 g/mol. The van der Waals surface area contributed by atoms with E-state index in [2.05, 4.69) is 16.0 Å². The zero-order valence-corrected chi connectivity index (χ0v) is 14.1. The molecule has 1 saturated carbocycles. The van der Waals surface area contributed by atoms with Crippen molar-refractivity contribution >= 4 is 17.6 Å². The molecule has 2 aromatic rings. The van der Waals surface area contributed by atoms with Crippen LogP contribution < -0.4 is 20.7 Å². The quantitative estimate of drug-likeness (QED) is 0.667. The number of hydrogen-bond acceptors (Lipinski definition) is 3. The van der Waals surface area contributed by atoms with Crippen molar-refractivity contribution in [1.82, 2.24) is 10.6 Å². The van der Waals surface area contributed by atoms with E-state index in [0.29, 0.717) is 17.0 Å². The van der Waals surface area contributed by atoms with E-state index < -0.39 is 6.03 Å². The largest absolute Gasteiger partial charge is 0.492 e. The van der Waals surface area contributed by atoms with Gasteiger partial charge in [0.2, 0.25) is 0 Å². The van der Waals surface area contributed by atoms with Crippen molar-refractivity contribution in [3.8, 4) is 5.75 Å². The van der Waals surface area contributed by atoms with Crippen LogP contribution in [0.15, 0.2) is 48.5 Å². The van der Waals surface area contributed by atoms with E-state index >= 15 is 0 Å². The van der Waals surface area contributed by atoms with Crippen molar-refractivity contribution in [3.05, 3.63) is 59.9 Å². The van der Waals surface area contributed by atoms with Crippen LogP contribution in [0.3, 0.4) is 0 Å². The van der Waals surface area contributed by atoms with Crippen molar-refractivity contribution < 1.29 is 18.7 Å². The van der Waals surface area contributed by atoms with Crippen LogP contribution in [0, 0.1) is 5.82 Å². The van der Waals surface area contributed by atoms with E-state index in [1.165, 1.54) is 24.3 Å². The van der Waals surface area contributed by atoms with Gasteiger partial charge in [0.25, 0.3) is 5.91 Å². The summed E-state index contributed by atoms with van der Waals surface area (Å²) in [6.45, 7) is 0.536. The first-order valence-corrected chi connectivity index (χ1v) is 8.44. The molecule has 3 rings (SSSR count). The predicted octanol–water partition coefficient (Wildman–Crippen LogP) is 2.92. The second kappa shape index (κ2) is 8.33. The maximum atomic E-state index is 12.8. The lowest BCUT2D eigenvalue weighted by molar-refractivity contribution is 0.0951. The molecule has 0 saturated heterocycles. The summed E-state index contributed by atoms with van der Waals surface area (Å²) in [4.78, 5) is 23.9. The van der Waals surface area contributed by atoms with Crippen LogP contribution in [-0.2, 0) is 0 Å². The highest BCUT2D eigenvalue weighted by molar-refractivity contribution is 5.97. The van der Waals surface area contributed by atoms with Gasteiger partial charge in [-0.2, -0.15) is 0 Å². The molecule has 2 aromatic carbocycles. The molecule has 136 valence electrons. The summed E-state index contributed by atoms with van der Waals surface area (Å²) >= 11 is 0. The molecule has 0 unspecified atom stereocenters. The maximum Gasteiger partial charge on any atom is 0.319 e. The zero-order valence-electron chi connectivity index (χ0n) is 14.1. The normalized spacial score (nSPS) is 13.0. The molecule has 0 aliphatic heterocycles. The third kappa shape index (κ3) is 5.47. The minimum Gasteiger partial charge on any atom is -0.492 e. The molecular formula is C19H20FN3O3. The van der Waals surface area contributed by atoms with Crippen LogP contribution in [0.5, 0.6) is 5.75 Å². The van der Waals surface area contributed by atoms with E-state index in [1.807, 2.05) is 0 Å². The minimum absolute atomic E-state index is 0.135. The average Bonchev–Trinajstić information content (AvgIpc) is 3.44. The molecule has 0 bridgehead atoms. The lowest BCUT2D eigenvalue weighted by Crippen LogP contribution is -2.32. The summed E-state index contributed by atoms with van der Waals surface area (Å²) in [7, 11) is 0. The van der Waals surface area contributed by atoms with Crippen LogP contribution in [0.1, 0.15) is 23.2 Å². The number of nitrogens with one attached hydrogen (secondary N) is 3. The first-order valence-electron chi connectivity index (χ1n) is 8.44. The van der Waals surface area contributed by atoms with Gasteiger partial charge in [-0.15, -0.1) is 0 Å². The lowest BCUT2D eigenvalue weighted by atomic mass is 10.2. The smallest absolute Gasteiger partial charge is 0.319 e. The Morgan fingerprint density at radius 1 is 1.12 bits per heavy atom. The molecule has 0 spiro atoms. The SMILES string of the molecule is O=C(NCCOc1ccc(F)cc1)Nc1cccc(C(=O)NC2CC2)c1. The molecule has 6 nitrogen and oxygen atoms in total. The molecule has 0 radical (unpaired) electrons. The summed E-state index contributed by atoms with van der Waals surface area (Å²) in [5.41, 5.74) is 1.04. The fourth-order valence-corrected chi connectivity index (χ4v) is 2.27. The van der Waals surface area contributed by atoms with Gasteiger partial charge in [-0.3, -0.25) is 4.79 Å². The Morgan fingerprint density at radius 2 is 1.88 bits per heavy atom. The number of amides is 3. The molecule has 0 atom stereocenters. The van der Waals surface area contributed by atoms with E-state index in [9.17, 15) is 14.0 Å². The van der Waals surface area contributed by atoms with Gasteiger partial charge in [-0.05, 0) is 55.3 Å². The Balaban J connectivity index is 1.41. The summed E-state index contributed by atoms with van der Waals surface area (Å²) in [6, 6.07) is 12.3. The van der Waals surface area contributed by atoms with E-state index in [-0.39, 0.29) is 30.9 Å². The molecule has 1 aliphatic carbocycles. The Labute approximate surface area is 150 Å². The van der Waals surface area contributed by atoms with Gasteiger partial charge in [-0.1, -0.05) is 6.07 Å². The highest BCUT2D eigenvalue weighted by Gasteiger charge is 2.23. The third-order valence-corrected chi connectivity index (χ3v) is 3.77. The van der Waals surface area contributed by atoms with E-state index in [1.54, 1.807) is 24.3 Å². The van der Waals surface area contributed by atoms with Crippen molar-refractivity contribution in [2.24, 2.45) is 0 Å². The highest BCUT2D eigenvalue weighted by atomic mass is 19.1. The highest BCUT2D eigenvalue weighted by Crippen LogP contribution is 2.20. The van der Waals surface area contributed by atoms with E-state index in [0.717, 1.165) is 12.8 Å². The van der Waals surface area contributed by atoms with Crippen molar-refractivity contribution in [3.63, 3.8) is 0 Å². The molecule has 26 heavy (non-hydrogen) atoms. The van der Waals surface area contributed by atoms with Crippen LogP contribution in [0.4, 0.5) is 14.9 Å². The number of rotatable bonds is 7. The summed E-state index contributed by atoms with van der Waals surface area (Å²) in [6.07, 6.45) is 2.04. The predicted molar refractivity (Wildman–Crippen MR) is 95.8 cm³/mol. The van der Waals surface area contributed by atoms with Gasteiger partial charge in [0.15, 0.2) is 0 Å².